The zero-order valence-corrected chi connectivity index (χ0v) is 19.2. The first-order valence-electron chi connectivity index (χ1n) is 11.3. The van der Waals surface area contributed by atoms with Gasteiger partial charge in [-0.25, -0.2) is 0 Å². The number of piperidine rings is 1. The molecule has 31 heavy (non-hydrogen) atoms. The summed E-state index contributed by atoms with van der Waals surface area (Å²) in [5.74, 6) is 0.197. The number of hydrogen-bond acceptors (Lipinski definition) is 3. The molecule has 1 saturated heterocycles. The smallest absolute Gasteiger partial charge is 0.270 e. The van der Waals surface area contributed by atoms with Crippen molar-refractivity contribution in [3.8, 4) is 0 Å². The van der Waals surface area contributed by atoms with Crippen LogP contribution < -0.4 is 5.32 Å². The number of rotatable bonds is 7. The van der Waals surface area contributed by atoms with Gasteiger partial charge in [-0.15, -0.1) is 11.3 Å². The SMILES string of the molecule is CC[C@H](Cc1ccccc1)NC(=O)C1CCN(C(=O)c2cc3sccc3n2CC)CC1. The number of aryl methyl sites for hydroxylation is 1. The Kier molecular flexibility index (Phi) is 6.76. The molecule has 4 rings (SSSR count). The molecule has 0 spiro atoms. The van der Waals surface area contributed by atoms with Crippen LogP contribution in [0.3, 0.4) is 0 Å². The monoisotopic (exact) mass is 437 g/mol. The van der Waals surface area contributed by atoms with Gasteiger partial charge in [0.2, 0.25) is 5.91 Å². The van der Waals surface area contributed by atoms with Gasteiger partial charge in [0, 0.05) is 31.6 Å². The summed E-state index contributed by atoms with van der Waals surface area (Å²) in [6.45, 7) is 6.23. The molecule has 164 valence electrons. The van der Waals surface area contributed by atoms with E-state index in [9.17, 15) is 9.59 Å². The quantitative estimate of drug-likeness (QED) is 0.582. The number of fused-ring (bicyclic) bond motifs is 1. The van der Waals surface area contributed by atoms with Crippen molar-refractivity contribution >= 4 is 33.4 Å². The molecule has 2 amide bonds. The van der Waals surface area contributed by atoms with Crippen LogP contribution in [0.2, 0.25) is 0 Å². The highest BCUT2D eigenvalue weighted by Gasteiger charge is 2.30. The van der Waals surface area contributed by atoms with Crippen molar-refractivity contribution in [2.75, 3.05) is 13.1 Å². The van der Waals surface area contributed by atoms with Crippen LogP contribution in [0, 0.1) is 5.92 Å². The fraction of sp³-hybridized carbons (Fsp3) is 0.440. The van der Waals surface area contributed by atoms with Gasteiger partial charge in [-0.1, -0.05) is 37.3 Å². The predicted octanol–water partition coefficient (Wildman–Crippen LogP) is 4.71. The Labute approximate surface area is 188 Å². The third-order valence-corrected chi connectivity index (χ3v) is 7.23. The molecule has 1 fully saturated rings. The number of carbonyl (C=O) groups excluding carboxylic acids is 2. The average molecular weight is 438 g/mol. The molecule has 2 aromatic heterocycles. The minimum atomic E-state index is -0.0182. The molecule has 0 aliphatic carbocycles. The van der Waals surface area contributed by atoms with Gasteiger partial charge in [-0.2, -0.15) is 0 Å². The fourth-order valence-electron chi connectivity index (χ4n) is 4.52. The number of amides is 2. The largest absolute Gasteiger partial charge is 0.353 e. The lowest BCUT2D eigenvalue weighted by atomic mass is 9.94. The van der Waals surface area contributed by atoms with Crippen LogP contribution in [-0.2, 0) is 17.8 Å². The van der Waals surface area contributed by atoms with E-state index in [0.717, 1.165) is 48.1 Å². The van der Waals surface area contributed by atoms with E-state index in [-0.39, 0.29) is 23.8 Å². The van der Waals surface area contributed by atoms with Crippen molar-refractivity contribution in [3.63, 3.8) is 0 Å². The molecule has 5 nitrogen and oxygen atoms in total. The van der Waals surface area contributed by atoms with Crippen LogP contribution in [0.5, 0.6) is 0 Å². The summed E-state index contributed by atoms with van der Waals surface area (Å²) < 4.78 is 3.26. The third kappa shape index (κ3) is 4.69. The van der Waals surface area contributed by atoms with E-state index in [0.29, 0.717) is 13.1 Å². The molecule has 1 aliphatic heterocycles. The molecule has 1 aliphatic rings. The van der Waals surface area contributed by atoms with Crippen LogP contribution in [0.15, 0.2) is 47.8 Å². The molecule has 0 saturated carbocycles. The second-order valence-corrected chi connectivity index (χ2v) is 9.26. The van der Waals surface area contributed by atoms with Gasteiger partial charge in [-0.3, -0.25) is 9.59 Å². The van der Waals surface area contributed by atoms with E-state index in [1.165, 1.54) is 5.56 Å². The lowest BCUT2D eigenvalue weighted by Gasteiger charge is -2.32. The standard InChI is InChI=1S/C25H31N3O2S/c1-3-20(16-18-8-6-5-7-9-18)26-24(29)19-10-13-27(14-11-19)25(30)22-17-23-21(12-15-31-23)28(22)4-2/h5-9,12,15,17,19-20H,3-4,10-11,13-14,16H2,1-2H3,(H,26,29)/t20-/m1/s1. The first-order valence-corrected chi connectivity index (χ1v) is 12.2. The van der Waals surface area contributed by atoms with Crippen molar-refractivity contribution in [3.05, 3.63) is 59.1 Å². The van der Waals surface area contributed by atoms with Gasteiger partial charge in [-0.05, 0) is 55.7 Å². The van der Waals surface area contributed by atoms with E-state index < -0.39 is 0 Å². The lowest BCUT2D eigenvalue weighted by Crippen LogP contribution is -2.46. The second-order valence-electron chi connectivity index (χ2n) is 8.31. The van der Waals surface area contributed by atoms with Gasteiger partial charge in [0.1, 0.15) is 5.69 Å². The summed E-state index contributed by atoms with van der Waals surface area (Å²) in [7, 11) is 0. The van der Waals surface area contributed by atoms with Crippen molar-refractivity contribution in [2.24, 2.45) is 5.92 Å². The Balaban J connectivity index is 1.33. The van der Waals surface area contributed by atoms with Crippen LogP contribution in [0.1, 0.15) is 49.2 Å². The van der Waals surface area contributed by atoms with Gasteiger partial charge in [0.25, 0.3) is 5.91 Å². The van der Waals surface area contributed by atoms with Crippen LogP contribution >= 0.6 is 11.3 Å². The molecule has 3 aromatic rings. The Morgan fingerprint density at radius 3 is 2.55 bits per heavy atom. The normalized spacial score (nSPS) is 15.9. The summed E-state index contributed by atoms with van der Waals surface area (Å²) in [5, 5.41) is 5.31. The maximum atomic E-state index is 13.2. The van der Waals surface area contributed by atoms with Crippen molar-refractivity contribution in [1.29, 1.82) is 0 Å². The Morgan fingerprint density at radius 2 is 1.87 bits per heavy atom. The van der Waals surface area contributed by atoms with Crippen LogP contribution in [-0.4, -0.2) is 40.4 Å². The molecule has 0 unspecified atom stereocenters. The number of likely N-dealkylation sites (tertiary alicyclic amines) is 1. The first kappa shape index (κ1) is 21.6. The van der Waals surface area contributed by atoms with Crippen LogP contribution in [0.4, 0.5) is 0 Å². The number of carbonyl (C=O) groups is 2. The maximum absolute atomic E-state index is 13.2. The highest BCUT2D eigenvalue weighted by atomic mass is 32.1. The maximum Gasteiger partial charge on any atom is 0.270 e. The Hall–Kier alpha value is -2.60. The number of nitrogens with one attached hydrogen (secondary N) is 1. The first-order chi connectivity index (χ1) is 15.1. The van der Waals surface area contributed by atoms with Gasteiger partial charge >= 0.3 is 0 Å². The average Bonchev–Trinajstić information content (AvgIpc) is 3.40. The van der Waals surface area contributed by atoms with E-state index in [2.05, 4.69) is 47.3 Å². The Morgan fingerprint density at radius 1 is 1.13 bits per heavy atom. The number of hydrogen-bond donors (Lipinski definition) is 1. The summed E-state index contributed by atoms with van der Waals surface area (Å²) in [6, 6.07) is 14.5. The zero-order chi connectivity index (χ0) is 21.8. The van der Waals surface area contributed by atoms with Gasteiger partial charge in [0.15, 0.2) is 0 Å². The molecule has 6 heteroatoms. The summed E-state index contributed by atoms with van der Waals surface area (Å²) in [6.07, 6.45) is 3.20. The van der Waals surface area contributed by atoms with Crippen molar-refractivity contribution in [1.82, 2.24) is 14.8 Å². The molecular weight excluding hydrogens is 406 g/mol. The number of thiophene rings is 1. The minimum Gasteiger partial charge on any atom is -0.353 e. The van der Waals surface area contributed by atoms with E-state index in [1.54, 1.807) is 11.3 Å². The lowest BCUT2D eigenvalue weighted by molar-refractivity contribution is -0.127. The molecule has 1 atom stereocenters. The highest BCUT2D eigenvalue weighted by Crippen LogP contribution is 2.27. The van der Waals surface area contributed by atoms with Gasteiger partial charge < -0.3 is 14.8 Å². The van der Waals surface area contributed by atoms with Crippen molar-refractivity contribution in [2.45, 2.75) is 52.1 Å². The summed E-state index contributed by atoms with van der Waals surface area (Å²) >= 11 is 1.67. The third-order valence-electron chi connectivity index (χ3n) is 6.38. The predicted molar refractivity (Wildman–Crippen MR) is 126 cm³/mol. The molecule has 0 bridgehead atoms. The summed E-state index contributed by atoms with van der Waals surface area (Å²) in [4.78, 5) is 27.9. The van der Waals surface area contributed by atoms with Crippen LogP contribution in [0.25, 0.3) is 10.2 Å². The molecule has 1 aromatic carbocycles. The van der Waals surface area contributed by atoms with E-state index in [1.807, 2.05) is 29.2 Å². The van der Waals surface area contributed by atoms with E-state index >= 15 is 0 Å². The molecular formula is C25H31N3O2S. The molecule has 3 heterocycles. The highest BCUT2D eigenvalue weighted by molar-refractivity contribution is 7.17. The second kappa shape index (κ2) is 9.69. The van der Waals surface area contributed by atoms with Gasteiger partial charge in [0.05, 0.1) is 10.2 Å². The van der Waals surface area contributed by atoms with Crippen molar-refractivity contribution < 1.29 is 9.59 Å². The van der Waals surface area contributed by atoms with E-state index in [4.69, 9.17) is 0 Å². The number of nitrogens with zero attached hydrogens (tertiary/aromatic N) is 2. The molecule has 1 N–H and O–H groups in total. The summed E-state index contributed by atoms with van der Waals surface area (Å²) in [5.41, 5.74) is 3.14. The fourth-order valence-corrected chi connectivity index (χ4v) is 5.34. The number of aromatic nitrogens is 1. The molecule has 0 radical (unpaired) electrons. The topological polar surface area (TPSA) is 54.3 Å². The zero-order valence-electron chi connectivity index (χ0n) is 18.3. The number of benzene rings is 1. The Bertz CT molecular complexity index is 1030. The minimum absolute atomic E-state index is 0.0182.